The normalized spacial score (nSPS) is 11.4. The minimum atomic E-state index is 0.0229. The van der Waals surface area contributed by atoms with Crippen molar-refractivity contribution in [2.75, 3.05) is 0 Å². The first-order valence-electron chi connectivity index (χ1n) is 8.77. The van der Waals surface area contributed by atoms with Crippen LogP contribution in [-0.4, -0.2) is 15.6 Å². The third-order valence-electron chi connectivity index (χ3n) is 4.29. The maximum absolute atomic E-state index is 12.1. The Morgan fingerprint density at radius 2 is 2.12 bits per heavy atom. The van der Waals surface area contributed by atoms with E-state index in [1.165, 1.54) is 16.5 Å². The number of para-hydroxylation sites is 1. The van der Waals surface area contributed by atoms with E-state index in [0.29, 0.717) is 24.6 Å². The molecule has 0 saturated heterocycles. The number of aryl methyl sites for hydroxylation is 2. The van der Waals surface area contributed by atoms with Crippen molar-refractivity contribution in [3.63, 3.8) is 0 Å². The molecule has 0 aliphatic carbocycles. The molecular weight excluding hydrogens is 314 g/mol. The lowest BCUT2D eigenvalue weighted by Crippen LogP contribution is -2.22. The highest BCUT2D eigenvalue weighted by Crippen LogP contribution is 2.21. The highest BCUT2D eigenvalue weighted by Gasteiger charge is 2.10. The zero-order valence-corrected chi connectivity index (χ0v) is 15.1. The number of rotatable bonds is 7. The van der Waals surface area contributed by atoms with E-state index >= 15 is 0 Å². The van der Waals surface area contributed by atoms with E-state index in [1.807, 2.05) is 25.2 Å². The van der Waals surface area contributed by atoms with E-state index in [4.69, 9.17) is 4.52 Å². The van der Waals surface area contributed by atoms with Crippen LogP contribution in [0.1, 0.15) is 37.3 Å². The predicted molar refractivity (Wildman–Crippen MR) is 98.1 cm³/mol. The summed E-state index contributed by atoms with van der Waals surface area (Å²) in [4.78, 5) is 12.1. The van der Waals surface area contributed by atoms with Crippen molar-refractivity contribution in [1.29, 1.82) is 0 Å². The summed E-state index contributed by atoms with van der Waals surface area (Å²) in [6.07, 6.45) is 4.17. The lowest BCUT2D eigenvalue weighted by atomic mass is 10.1. The van der Waals surface area contributed by atoms with Gasteiger partial charge in [0, 0.05) is 36.6 Å². The summed E-state index contributed by atoms with van der Waals surface area (Å²) in [6.45, 7) is 4.67. The lowest BCUT2D eigenvalue weighted by Gasteiger charge is -2.02. The average Bonchev–Trinajstić information content (AvgIpc) is 3.15. The van der Waals surface area contributed by atoms with Crippen LogP contribution in [0.5, 0.6) is 0 Å². The summed E-state index contributed by atoms with van der Waals surface area (Å²) in [7, 11) is 2.03. The van der Waals surface area contributed by atoms with Crippen LogP contribution in [-0.2, 0) is 31.2 Å². The number of hydrogen-bond donors (Lipinski definition) is 1. The molecule has 0 fully saturated rings. The summed E-state index contributed by atoms with van der Waals surface area (Å²) in [5.74, 6) is 1.26. The Morgan fingerprint density at radius 3 is 2.92 bits per heavy atom. The Morgan fingerprint density at radius 1 is 1.32 bits per heavy atom. The van der Waals surface area contributed by atoms with Gasteiger partial charge in [0.25, 0.3) is 0 Å². The van der Waals surface area contributed by atoms with Gasteiger partial charge in [0.1, 0.15) is 0 Å². The van der Waals surface area contributed by atoms with Crippen LogP contribution in [0.15, 0.2) is 41.1 Å². The summed E-state index contributed by atoms with van der Waals surface area (Å²) in [5, 5.41) is 8.16. The molecule has 25 heavy (non-hydrogen) atoms. The van der Waals surface area contributed by atoms with Crippen molar-refractivity contribution in [2.24, 2.45) is 13.0 Å². The van der Waals surface area contributed by atoms with E-state index in [-0.39, 0.29) is 5.91 Å². The van der Waals surface area contributed by atoms with Gasteiger partial charge in [-0.05, 0) is 30.4 Å². The molecule has 0 unspecified atom stereocenters. The Bertz CT molecular complexity index is 861. The Kier molecular flexibility index (Phi) is 5.22. The molecule has 2 heterocycles. The van der Waals surface area contributed by atoms with E-state index in [9.17, 15) is 4.79 Å². The van der Waals surface area contributed by atoms with Gasteiger partial charge < -0.3 is 14.4 Å². The second-order valence-corrected chi connectivity index (χ2v) is 6.94. The van der Waals surface area contributed by atoms with Gasteiger partial charge in [0.2, 0.25) is 5.91 Å². The maximum Gasteiger partial charge on any atom is 0.220 e. The number of nitrogens with one attached hydrogen (secondary N) is 1. The zero-order chi connectivity index (χ0) is 17.8. The second-order valence-electron chi connectivity index (χ2n) is 6.94. The molecule has 0 aliphatic rings. The Labute approximate surface area is 148 Å². The van der Waals surface area contributed by atoms with Crippen LogP contribution in [0, 0.1) is 5.92 Å². The van der Waals surface area contributed by atoms with Gasteiger partial charge >= 0.3 is 0 Å². The van der Waals surface area contributed by atoms with E-state index in [1.54, 1.807) is 0 Å². The third-order valence-corrected chi connectivity index (χ3v) is 4.29. The highest BCUT2D eigenvalue weighted by atomic mass is 16.5. The molecule has 1 N–H and O–H groups in total. The summed E-state index contributed by atoms with van der Waals surface area (Å²) < 4.78 is 7.38. The molecule has 0 spiro atoms. The molecule has 3 aromatic rings. The fourth-order valence-corrected chi connectivity index (χ4v) is 3.10. The number of benzene rings is 1. The lowest BCUT2D eigenvalue weighted by molar-refractivity contribution is -0.121. The molecule has 5 heteroatoms. The summed E-state index contributed by atoms with van der Waals surface area (Å²) in [5.41, 5.74) is 3.33. The van der Waals surface area contributed by atoms with Crippen LogP contribution in [0.2, 0.25) is 0 Å². The standard InChI is InChI=1S/C20H25N3O2/c1-14(2)10-16-11-17(25-22-16)12-21-20(24)9-8-15-13-23(3)19-7-5-4-6-18(15)19/h4-7,11,13-14H,8-10,12H2,1-3H3,(H,21,24). The van der Waals surface area contributed by atoms with Crippen molar-refractivity contribution in [2.45, 2.75) is 39.7 Å². The predicted octanol–water partition coefficient (Wildman–Crippen LogP) is 3.61. The first-order valence-corrected chi connectivity index (χ1v) is 8.77. The van der Waals surface area contributed by atoms with Crippen molar-refractivity contribution >= 4 is 16.8 Å². The van der Waals surface area contributed by atoms with E-state index in [2.05, 4.69) is 47.2 Å². The first kappa shape index (κ1) is 17.3. The smallest absolute Gasteiger partial charge is 0.220 e. The van der Waals surface area contributed by atoms with Gasteiger partial charge in [0.05, 0.1) is 12.2 Å². The molecule has 0 radical (unpaired) electrons. The van der Waals surface area contributed by atoms with Crippen molar-refractivity contribution in [1.82, 2.24) is 15.0 Å². The highest BCUT2D eigenvalue weighted by molar-refractivity contribution is 5.84. The monoisotopic (exact) mass is 339 g/mol. The molecular formula is C20H25N3O2. The van der Waals surface area contributed by atoms with Gasteiger partial charge in [-0.1, -0.05) is 37.2 Å². The van der Waals surface area contributed by atoms with Crippen molar-refractivity contribution < 1.29 is 9.32 Å². The molecule has 2 aromatic heterocycles. The summed E-state index contributed by atoms with van der Waals surface area (Å²) in [6, 6.07) is 10.2. The third kappa shape index (κ3) is 4.29. The molecule has 1 aromatic carbocycles. The van der Waals surface area contributed by atoms with Gasteiger partial charge in [0.15, 0.2) is 5.76 Å². The topological polar surface area (TPSA) is 60.1 Å². The number of carbonyl (C=O) groups excluding carboxylic acids is 1. The average molecular weight is 339 g/mol. The molecule has 1 amide bonds. The SMILES string of the molecule is CC(C)Cc1cc(CNC(=O)CCc2cn(C)c3ccccc23)on1. The number of aromatic nitrogens is 2. The van der Waals surface area contributed by atoms with Gasteiger partial charge in [-0.2, -0.15) is 0 Å². The number of hydrogen-bond acceptors (Lipinski definition) is 3. The quantitative estimate of drug-likeness (QED) is 0.715. The van der Waals surface area contributed by atoms with E-state index in [0.717, 1.165) is 18.5 Å². The Hall–Kier alpha value is -2.56. The molecule has 3 rings (SSSR count). The second kappa shape index (κ2) is 7.55. The van der Waals surface area contributed by atoms with Crippen molar-refractivity contribution in [3.05, 3.63) is 53.5 Å². The molecule has 0 atom stereocenters. The molecule has 132 valence electrons. The molecule has 0 aliphatic heterocycles. The fraction of sp³-hybridized carbons (Fsp3) is 0.400. The Balaban J connectivity index is 1.52. The zero-order valence-electron chi connectivity index (χ0n) is 15.1. The largest absolute Gasteiger partial charge is 0.359 e. The number of nitrogens with zero attached hydrogens (tertiary/aromatic N) is 2. The molecule has 5 nitrogen and oxygen atoms in total. The van der Waals surface area contributed by atoms with Gasteiger partial charge in [-0.3, -0.25) is 4.79 Å². The maximum atomic E-state index is 12.1. The number of fused-ring (bicyclic) bond motifs is 1. The molecule has 0 saturated carbocycles. The van der Waals surface area contributed by atoms with Gasteiger partial charge in [-0.25, -0.2) is 0 Å². The van der Waals surface area contributed by atoms with Gasteiger partial charge in [-0.15, -0.1) is 0 Å². The van der Waals surface area contributed by atoms with Crippen LogP contribution in [0.25, 0.3) is 10.9 Å². The van der Waals surface area contributed by atoms with Crippen LogP contribution in [0.3, 0.4) is 0 Å². The minimum Gasteiger partial charge on any atom is -0.359 e. The fourth-order valence-electron chi connectivity index (χ4n) is 3.10. The van der Waals surface area contributed by atoms with Crippen LogP contribution < -0.4 is 5.32 Å². The van der Waals surface area contributed by atoms with E-state index < -0.39 is 0 Å². The van der Waals surface area contributed by atoms with Crippen LogP contribution >= 0.6 is 0 Å². The van der Waals surface area contributed by atoms with Crippen LogP contribution in [0.4, 0.5) is 0 Å². The van der Waals surface area contributed by atoms with Crippen molar-refractivity contribution in [3.8, 4) is 0 Å². The molecule has 0 bridgehead atoms. The number of carbonyl (C=O) groups is 1. The minimum absolute atomic E-state index is 0.0229. The first-order chi connectivity index (χ1) is 12.0. The number of amides is 1. The summed E-state index contributed by atoms with van der Waals surface area (Å²) >= 11 is 0.